The third-order valence-electron chi connectivity index (χ3n) is 0.586. The molecule has 0 heterocycles. The molecule has 0 N–H and O–H groups in total. The minimum Gasteiger partial charge on any atom is -0.454 e. The first kappa shape index (κ1) is 6.47. The highest BCUT2D eigenvalue weighted by atomic mass is 16.5. The summed E-state index contributed by atoms with van der Waals surface area (Å²) in [6.07, 6.45) is 1.20. The van der Waals surface area contributed by atoms with E-state index < -0.39 is 0 Å². The van der Waals surface area contributed by atoms with Crippen LogP contribution >= 0.6 is 0 Å². The Bertz CT molecular complexity index is 59.1. The lowest BCUT2D eigenvalue weighted by Gasteiger charge is -1.89. The van der Waals surface area contributed by atoms with Crippen LogP contribution in [0.2, 0.25) is 0 Å². The van der Waals surface area contributed by atoms with E-state index in [0.717, 1.165) is 6.42 Å². The Morgan fingerprint density at radius 2 is 2.43 bits per heavy atom. The molecule has 0 aromatic heterocycles. The van der Waals surface area contributed by atoms with Gasteiger partial charge in [0.2, 0.25) is 0 Å². The number of rotatable bonds is 2. The van der Waals surface area contributed by atoms with Gasteiger partial charge >= 0.3 is 5.97 Å². The molecule has 0 aliphatic carbocycles. The Morgan fingerprint density at radius 1 is 1.86 bits per heavy atom. The van der Waals surface area contributed by atoms with Gasteiger partial charge in [-0.2, -0.15) is 0 Å². The van der Waals surface area contributed by atoms with Crippen LogP contribution < -0.4 is 0 Å². The number of hydrogen-bond donors (Lipinski definition) is 0. The summed E-state index contributed by atoms with van der Waals surface area (Å²) >= 11 is 0. The van der Waals surface area contributed by atoms with Crippen LogP contribution in [-0.4, -0.2) is 5.97 Å². The maximum atomic E-state index is 10.1. The SMILES string of the molecule is [CH]OC(=O)CCC. The fraction of sp³-hybridized carbons (Fsp3) is 0.600. The average molecular weight is 100 g/mol. The number of ether oxygens (including phenoxy) is 1. The van der Waals surface area contributed by atoms with E-state index in [1.54, 1.807) is 0 Å². The first-order chi connectivity index (χ1) is 3.31. The molecule has 0 aromatic rings. The van der Waals surface area contributed by atoms with Crippen LogP contribution in [0.1, 0.15) is 19.8 Å². The molecule has 0 aromatic carbocycles. The minimum absolute atomic E-state index is 0.345. The van der Waals surface area contributed by atoms with Crippen LogP contribution in [0.3, 0.4) is 0 Å². The van der Waals surface area contributed by atoms with Crippen LogP contribution in [0.15, 0.2) is 0 Å². The molecule has 2 heteroatoms. The summed E-state index contributed by atoms with van der Waals surface area (Å²) in [6, 6.07) is 0. The molecular weight excluding hydrogens is 92.1 g/mol. The molecule has 0 rings (SSSR count). The van der Waals surface area contributed by atoms with Crippen molar-refractivity contribution in [3.8, 4) is 0 Å². The zero-order valence-electron chi connectivity index (χ0n) is 4.31. The van der Waals surface area contributed by atoms with Crippen molar-refractivity contribution in [1.29, 1.82) is 0 Å². The topological polar surface area (TPSA) is 26.3 Å². The van der Waals surface area contributed by atoms with Crippen LogP contribution in [0.25, 0.3) is 0 Å². The molecule has 0 atom stereocenters. The molecule has 0 bridgehead atoms. The Balaban J connectivity index is 3.00. The van der Waals surface area contributed by atoms with Crippen molar-refractivity contribution in [2.75, 3.05) is 0 Å². The highest BCUT2D eigenvalue weighted by molar-refractivity contribution is 5.69. The zero-order chi connectivity index (χ0) is 5.70. The quantitative estimate of drug-likeness (QED) is 0.484. The summed E-state index contributed by atoms with van der Waals surface area (Å²) in [5, 5.41) is 0. The van der Waals surface area contributed by atoms with Crippen molar-refractivity contribution >= 4 is 5.97 Å². The molecule has 0 saturated heterocycles. The summed E-state index contributed by atoms with van der Waals surface area (Å²) in [4.78, 5) is 10.1. The lowest BCUT2D eigenvalue weighted by molar-refractivity contribution is -0.138. The molecule has 0 amide bonds. The number of hydrogen-bond acceptors (Lipinski definition) is 2. The number of carbonyl (C=O) groups is 1. The smallest absolute Gasteiger partial charge is 0.306 e. The van der Waals surface area contributed by atoms with Crippen LogP contribution in [0.4, 0.5) is 0 Å². The van der Waals surface area contributed by atoms with E-state index in [1.807, 2.05) is 6.92 Å². The Labute approximate surface area is 43.5 Å². The minimum atomic E-state index is -0.345. The predicted molar refractivity (Wildman–Crippen MR) is 25.3 cm³/mol. The van der Waals surface area contributed by atoms with Gasteiger partial charge in [0.05, 0.1) is 0 Å². The second-order valence-electron chi connectivity index (χ2n) is 1.24. The highest BCUT2D eigenvalue weighted by Crippen LogP contribution is 1.87. The standard InChI is InChI=1S/C5H8O2/c1-3-4-5(6)7-2/h2H,3-4H2,1H3. The van der Waals surface area contributed by atoms with Gasteiger partial charge in [-0.3, -0.25) is 4.79 Å². The molecule has 40 valence electrons. The van der Waals surface area contributed by atoms with E-state index >= 15 is 0 Å². The first-order valence-corrected chi connectivity index (χ1v) is 2.20. The van der Waals surface area contributed by atoms with Gasteiger partial charge in [-0.05, 0) is 6.42 Å². The van der Waals surface area contributed by atoms with Gasteiger partial charge in [0.15, 0.2) is 7.11 Å². The van der Waals surface area contributed by atoms with Gasteiger partial charge in [-0.15, -0.1) is 0 Å². The van der Waals surface area contributed by atoms with E-state index in [4.69, 9.17) is 0 Å². The molecule has 0 unspecified atom stereocenters. The van der Waals surface area contributed by atoms with E-state index in [-0.39, 0.29) is 5.97 Å². The fourth-order valence-electron chi connectivity index (χ4n) is 0.263. The van der Waals surface area contributed by atoms with E-state index in [9.17, 15) is 4.79 Å². The van der Waals surface area contributed by atoms with Gasteiger partial charge in [0, 0.05) is 6.42 Å². The van der Waals surface area contributed by atoms with Gasteiger partial charge in [-0.1, -0.05) is 6.92 Å². The zero-order valence-corrected chi connectivity index (χ0v) is 4.31. The van der Waals surface area contributed by atoms with Crippen molar-refractivity contribution in [2.45, 2.75) is 19.8 Å². The highest BCUT2D eigenvalue weighted by Gasteiger charge is 1.93. The van der Waals surface area contributed by atoms with Gasteiger partial charge in [-0.25, -0.2) is 0 Å². The summed E-state index contributed by atoms with van der Waals surface area (Å²) in [5.74, 6) is -0.345. The molecule has 0 aliphatic heterocycles. The maximum Gasteiger partial charge on any atom is 0.306 e. The number of carbonyl (C=O) groups excluding carboxylic acids is 1. The van der Waals surface area contributed by atoms with Crippen molar-refractivity contribution in [3.63, 3.8) is 0 Å². The van der Waals surface area contributed by atoms with E-state index in [1.165, 1.54) is 0 Å². The average Bonchev–Trinajstić information content (AvgIpc) is 1.68. The summed E-state index contributed by atoms with van der Waals surface area (Å²) in [6.45, 7) is 1.89. The predicted octanol–water partition coefficient (Wildman–Crippen LogP) is 0.998. The van der Waals surface area contributed by atoms with Crippen molar-refractivity contribution in [3.05, 3.63) is 7.11 Å². The summed E-state index contributed by atoms with van der Waals surface area (Å²) in [5.41, 5.74) is 0. The van der Waals surface area contributed by atoms with Gasteiger partial charge < -0.3 is 4.74 Å². The molecule has 0 fully saturated rings. The molecule has 0 aliphatic rings. The third-order valence-corrected chi connectivity index (χ3v) is 0.586. The molecular formula is C5H8O2. The normalized spacial score (nSPS) is 8.29. The third kappa shape index (κ3) is 3.30. The Morgan fingerprint density at radius 3 is 2.57 bits per heavy atom. The van der Waals surface area contributed by atoms with Crippen molar-refractivity contribution in [1.82, 2.24) is 0 Å². The Kier molecular flexibility index (Phi) is 3.38. The van der Waals surface area contributed by atoms with Crippen LogP contribution in [0.5, 0.6) is 0 Å². The van der Waals surface area contributed by atoms with E-state index in [0.29, 0.717) is 6.42 Å². The van der Waals surface area contributed by atoms with Crippen molar-refractivity contribution in [2.24, 2.45) is 0 Å². The molecule has 2 nitrogen and oxygen atoms in total. The maximum absolute atomic E-state index is 10.1. The van der Waals surface area contributed by atoms with E-state index in [2.05, 4.69) is 11.8 Å². The van der Waals surface area contributed by atoms with Gasteiger partial charge in [0.1, 0.15) is 0 Å². The first-order valence-electron chi connectivity index (χ1n) is 2.20. The molecule has 0 saturated carbocycles. The molecule has 7 heavy (non-hydrogen) atoms. The van der Waals surface area contributed by atoms with Gasteiger partial charge in [0.25, 0.3) is 0 Å². The second kappa shape index (κ2) is 3.65. The van der Waals surface area contributed by atoms with Crippen molar-refractivity contribution < 1.29 is 9.53 Å². The monoisotopic (exact) mass is 100 g/mol. The largest absolute Gasteiger partial charge is 0.454 e. The molecule has 2 radical (unpaired) electrons. The lowest BCUT2D eigenvalue weighted by atomic mass is 10.3. The summed E-state index contributed by atoms with van der Waals surface area (Å²) < 4.78 is 3.85. The van der Waals surface area contributed by atoms with Crippen LogP contribution in [0, 0.1) is 7.11 Å². The molecule has 0 spiro atoms. The lowest BCUT2D eigenvalue weighted by Crippen LogP contribution is -1.95. The second-order valence-corrected chi connectivity index (χ2v) is 1.24. The summed E-state index contributed by atoms with van der Waals surface area (Å²) in [7, 11) is 4.51. The Hall–Kier alpha value is -0.530. The number of esters is 1. The fourth-order valence-corrected chi connectivity index (χ4v) is 0.263. The van der Waals surface area contributed by atoms with Crippen LogP contribution in [-0.2, 0) is 9.53 Å².